The van der Waals surface area contributed by atoms with Crippen LogP contribution in [0.3, 0.4) is 0 Å². The van der Waals surface area contributed by atoms with Gasteiger partial charge in [-0.2, -0.15) is 0 Å². The zero-order chi connectivity index (χ0) is 21.3. The molecule has 0 aliphatic carbocycles. The van der Waals surface area contributed by atoms with Gasteiger partial charge in [0, 0.05) is 50.6 Å². The largest absolute Gasteiger partial charge is 0.493 e. The Kier molecular flexibility index (Phi) is 10.6. The Balaban J connectivity index is 0.00000341. The van der Waals surface area contributed by atoms with Gasteiger partial charge in [-0.05, 0) is 30.9 Å². The van der Waals surface area contributed by atoms with Gasteiger partial charge in [0.2, 0.25) is 0 Å². The third-order valence-corrected chi connectivity index (χ3v) is 5.17. The summed E-state index contributed by atoms with van der Waals surface area (Å²) in [7, 11) is 1.78. The molecule has 1 aromatic heterocycles. The van der Waals surface area contributed by atoms with E-state index in [1.54, 1.807) is 7.05 Å². The number of imidazole rings is 1. The molecule has 0 radical (unpaired) electrons. The van der Waals surface area contributed by atoms with Crippen LogP contribution >= 0.6 is 24.0 Å². The third-order valence-electron chi connectivity index (χ3n) is 5.17. The zero-order valence-corrected chi connectivity index (χ0v) is 21.4. The minimum atomic E-state index is 0. The predicted octanol–water partition coefficient (Wildman–Crippen LogP) is 3.75. The van der Waals surface area contributed by atoms with Gasteiger partial charge in [0.1, 0.15) is 11.6 Å². The highest BCUT2D eigenvalue weighted by molar-refractivity contribution is 14.0. The maximum absolute atomic E-state index is 6.15. The Labute approximate surface area is 203 Å². The number of aryl methyl sites for hydroxylation is 1. The first kappa shape index (κ1) is 25.5. The summed E-state index contributed by atoms with van der Waals surface area (Å²) in [5.41, 5.74) is 2.31. The van der Waals surface area contributed by atoms with E-state index in [2.05, 4.69) is 64.1 Å². The number of rotatable bonds is 9. The maximum atomic E-state index is 6.15. The quantitative estimate of drug-likeness (QED) is 0.288. The van der Waals surface area contributed by atoms with Crippen molar-refractivity contribution in [1.82, 2.24) is 20.2 Å². The van der Waals surface area contributed by atoms with Gasteiger partial charge in [-0.25, -0.2) is 4.98 Å². The number of nitrogens with zero attached hydrogens (tertiary/aromatic N) is 3. The van der Waals surface area contributed by atoms with E-state index in [1.165, 1.54) is 5.56 Å². The van der Waals surface area contributed by atoms with E-state index >= 15 is 0 Å². The number of aliphatic imine (C=N–C) groups is 1. The number of benzene rings is 1. The fourth-order valence-corrected chi connectivity index (χ4v) is 3.49. The van der Waals surface area contributed by atoms with Crippen LogP contribution in [-0.2, 0) is 24.4 Å². The van der Waals surface area contributed by atoms with Gasteiger partial charge in [-0.3, -0.25) is 4.99 Å². The summed E-state index contributed by atoms with van der Waals surface area (Å²) in [4.78, 5) is 8.82. The molecule has 2 N–H and O–H groups in total. The van der Waals surface area contributed by atoms with Crippen LogP contribution in [0.2, 0.25) is 0 Å². The van der Waals surface area contributed by atoms with Crippen LogP contribution in [0.1, 0.15) is 37.2 Å². The number of guanidine groups is 1. The Hall–Kier alpha value is -1.81. The number of halogens is 1. The number of hydrogen-bond acceptors (Lipinski definition) is 4. The average Bonchev–Trinajstić information content (AvgIpc) is 3.39. The molecule has 1 aliphatic heterocycles. The van der Waals surface area contributed by atoms with Crippen molar-refractivity contribution in [2.24, 2.45) is 16.8 Å². The van der Waals surface area contributed by atoms with E-state index in [4.69, 9.17) is 9.47 Å². The molecule has 0 spiro atoms. The second kappa shape index (κ2) is 12.9. The number of nitrogens with one attached hydrogen (secondary N) is 2. The molecule has 1 fully saturated rings. The standard InChI is InChI=1S/C23H35N5O2.HI/c1-17(2)14-28-9-8-25-22(28)13-27-23(24-4)26-12-20-6-5-18(3)11-21(20)30-16-19-7-10-29-15-19;/h5-6,8-9,11,17,19H,7,10,12-16H2,1-4H3,(H2,24,26,27);1H. The first-order valence-corrected chi connectivity index (χ1v) is 10.8. The van der Waals surface area contributed by atoms with Crippen LogP contribution in [0.15, 0.2) is 35.6 Å². The molecule has 0 amide bonds. The van der Waals surface area contributed by atoms with E-state index in [0.717, 1.165) is 49.3 Å². The lowest BCUT2D eigenvalue weighted by atomic mass is 10.1. The fraction of sp³-hybridized carbons (Fsp3) is 0.565. The molecule has 1 aliphatic rings. The molecule has 2 aromatic rings. The van der Waals surface area contributed by atoms with Gasteiger partial charge in [0.15, 0.2) is 5.96 Å². The summed E-state index contributed by atoms with van der Waals surface area (Å²) >= 11 is 0. The van der Waals surface area contributed by atoms with E-state index in [-0.39, 0.29) is 24.0 Å². The van der Waals surface area contributed by atoms with Crippen LogP contribution < -0.4 is 15.4 Å². The first-order valence-electron chi connectivity index (χ1n) is 10.8. The van der Waals surface area contributed by atoms with E-state index in [1.807, 2.05) is 12.4 Å². The third kappa shape index (κ3) is 7.99. The van der Waals surface area contributed by atoms with Crippen molar-refractivity contribution in [1.29, 1.82) is 0 Å². The predicted molar refractivity (Wildman–Crippen MR) is 135 cm³/mol. The number of hydrogen-bond donors (Lipinski definition) is 2. The summed E-state index contributed by atoms with van der Waals surface area (Å²) < 4.78 is 13.8. The average molecular weight is 541 g/mol. The molecular formula is C23H36IN5O2. The van der Waals surface area contributed by atoms with Crippen molar-refractivity contribution in [3.63, 3.8) is 0 Å². The molecule has 2 heterocycles. The van der Waals surface area contributed by atoms with Crippen LogP contribution in [0.4, 0.5) is 0 Å². The van der Waals surface area contributed by atoms with Crippen molar-refractivity contribution < 1.29 is 9.47 Å². The van der Waals surface area contributed by atoms with Gasteiger partial charge in [0.25, 0.3) is 0 Å². The highest BCUT2D eigenvalue weighted by Crippen LogP contribution is 2.22. The summed E-state index contributed by atoms with van der Waals surface area (Å²) in [5, 5.41) is 6.75. The van der Waals surface area contributed by atoms with Gasteiger partial charge < -0.3 is 24.7 Å². The summed E-state index contributed by atoms with van der Waals surface area (Å²) in [6.07, 6.45) is 4.95. The lowest BCUT2D eigenvalue weighted by molar-refractivity contribution is 0.166. The molecule has 1 atom stereocenters. The molecule has 8 heteroatoms. The van der Waals surface area contributed by atoms with Crippen molar-refractivity contribution >= 4 is 29.9 Å². The van der Waals surface area contributed by atoms with E-state index < -0.39 is 0 Å². The maximum Gasteiger partial charge on any atom is 0.191 e. The summed E-state index contributed by atoms with van der Waals surface area (Å²) in [6, 6.07) is 6.33. The molecule has 172 valence electrons. The lowest BCUT2D eigenvalue weighted by Gasteiger charge is -2.17. The Morgan fingerprint density at radius 1 is 1.32 bits per heavy atom. The van der Waals surface area contributed by atoms with E-state index in [9.17, 15) is 0 Å². The van der Waals surface area contributed by atoms with Crippen LogP contribution in [0.25, 0.3) is 0 Å². The monoisotopic (exact) mass is 541 g/mol. The smallest absolute Gasteiger partial charge is 0.191 e. The first-order chi connectivity index (χ1) is 14.5. The molecular weight excluding hydrogens is 505 g/mol. The SMILES string of the molecule is CN=C(NCc1ccc(C)cc1OCC1CCOC1)NCc1nccn1CC(C)C.I. The second-order valence-corrected chi connectivity index (χ2v) is 8.32. The number of aromatic nitrogens is 2. The second-order valence-electron chi connectivity index (χ2n) is 8.32. The van der Waals surface area contributed by atoms with Gasteiger partial charge in [0.05, 0.1) is 19.8 Å². The van der Waals surface area contributed by atoms with Crippen molar-refractivity contribution in [3.8, 4) is 5.75 Å². The lowest BCUT2D eigenvalue weighted by Crippen LogP contribution is -2.37. The topological polar surface area (TPSA) is 72.7 Å². The normalized spacial score (nSPS) is 16.3. The molecule has 0 bridgehead atoms. The van der Waals surface area contributed by atoms with Crippen LogP contribution in [0, 0.1) is 18.8 Å². The Morgan fingerprint density at radius 3 is 2.84 bits per heavy atom. The minimum absolute atomic E-state index is 0. The van der Waals surface area contributed by atoms with Crippen molar-refractivity contribution in [2.75, 3.05) is 26.9 Å². The zero-order valence-electron chi connectivity index (χ0n) is 19.1. The van der Waals surface area contributed by atoms with Gasteiger partial charge in [-0.15, -0.1) is 24.0 Å². The molecule has 7 nitrogen and oxygen atoms in total. The van der Waals surface area contributed by atoms with Crippen LogP contribution in [-0.4, -0.2) is 42.4 Å². The Bertz CT molecular complexity index is 831. The van der Waals surface area contributed by atoms with E-state index in [0.29, 0.717) is 31.5 Å². The summed E-state index contributed by atoms with van der Waals surface area (Å²) in [6.45, 7) is 11.0. The highest BCUT2D eigenvalue weighted by Gasteiger charge is 2.17. The molecule has 1 saturated heterocycles. The molecule has 1 aromatic carbocycles. The van der Waals surface area contributed by atoms with Gasteiger partial charge >= 0.3 is 0 Å². The summed E-state index contributed by atoms with van der Waals surface area (Å²) in [5.74, 6) is 3.73. The van der Waals surface area contributed by atoms with Crippen LogP contribution in [0.5, 0.6) is 5.75 Å². The van der Waals surface area contributed by atoms with Gasteiger partial charge in [-0.1, -0.05) is 26.0 Å². The van der Waals surface area contributed by atoms with Crippen molar-refractivity contribution in [2.45, 2.75) is 46.8 Å². The molecule has 31 heavy (non-hydrogen) atoms. The van der Waals surface area contributed by atoms with Crippen molar-refractivity contribution in [3.05, 3.63) is 47.5 Å². The molecule has 1 unspecified atom stereocenters. The Morgan fingerprint density at radius 2 is 2.13 bits per heavy atom. The minimum Gasteiger partial charge on any atom is -0.493 e. The molecule has 3 rings (SSSR count). The highest BCUT2D eigenvalue weighted by atomic mass is 127. The number of ether oxygens (including phenoxy) is 2. The molecule has 0 saturated carbocycles. The fourth-order valence-electron chi connectivity index (χ4n) is 3.49.